The quantitative estimate of drug-likeness (QED) is 0.828. The summed E-state index contributed by atoms with van der Waals surface area (Å²) in [4.78, 5) is 0. The van der Waals surface area contributed by atoms with Crippen LogP contribution in [0.15, 0.2) is 54.6 Å². The number of likely N-dealkylation sites (N-methyl/N-ethyl adjacent to an activating group) is 1. The molecule has 1 atom stereocenters. The van der Waals surface area contributed by atoms with E-state index in [1.165, 1.54) is 11.1 Å². The van der Waals surface area contributed by atoms with Crippen molar-refractivity contribution in [3.8, 4) is 5.75 Å². The van der Waals surface area contributed by atoms with Crippen molar-refractivity contribution in [2.24, 2.45) is 0 Å². The summed E-state index contributed by atoms with van der Waals surface area (Å²) >= 11 is 0. The van der Waals surface area contributed by atoms with Gasteiger partial charge in [0, 0.05) is 12.5 Å². The third-order valence-electron chi connectivity index (χ3n) is 3.52. The van der Waals surface area contributed by atoms with Crippen LogP contribution < -0.4 is 10.1 Å². The second-order valence-corrected chi connectivity index (χ2v) is 5.64. The van der Waals surface area contributed by atoms with Gasteiger partial charge in [-0.05, 0) is 44.5 Å². The highest BCUT2D eigenvalue weighted by Crippen LogP contribution is 2.27. The van der Waals surface area contributed by atoms with Gasteiger partial charge in [-0.2, -0.15) is 0 Å². The molecular weight excluding hydrogens is 258 g/mol. The minimum atomic E-state index is 0.200. The first-order valence-electron chi connectivity index (χ1n) is 7.64. The largest absolute Gasteiger partial charge is 0.491 e. The van der Waals surface area contributed by atoms with E-state index in [-0.39, 0.29) is 6.10 Å². The zero-order chi connectivity index (χ0) is 15.1. The van der Waals surface area contributed by atoms with Crippen molar-refractivity contribution in [1.82, 2.24) is 5.32 Å². The Labute approximate surface area is 128 Å². The van der Waals surface area contributed by atoms with Gasteiger partial charge in [0.1, 0.15) is 5.75 Å². The van der Waals surface area contributed by atoms with Crippen molar-refractivity contribution in [2.75, 3.05) is 13.6 Å². The van der Waals surface area contributed by atoms with Gasteiger partial charge in [0.2, 0.25) is 0 Å². The van der Waals surface area contributed by atoms with Crippen LogP contribution in [0.3, 0.4) is 0 Å². The Bertz CT molecular complexity index is 536. The minimum absolute atomic E-state index is 0.200. The van der Waals surface area contributed by atoms with E-state index in [1.807, 2.05) is 13.1 Å². The summed E-state index contributed by atoms with van der Waals surface area (Å²) in [5.74, 6) is 1.46. The molecule has 0 aliphatic heterocycles. The molecule has 0 aliphatic rings. The smallest absolute Gasteiger partial charge is 0.122 e. The molecule has 0 amide bonds. The fourth-order valence-electron chi connectivity index (χ4n) is 2.59. The van der Waals surface area contributed by atoms with Gasteiger partial charge in [0.15, 0.2) is 0 Å². The molecule has 0 aromatic heterocycles. The normalized spacial score (nSPS) is 12.4. The van der Waals surface area contributed by atoms with Gasteiger partial charge in [-0.15, -0.1) is 0 Å². The lowest BCUT2D eigenvalue weighted by atomic mass is 9.91. The lowest BCUT2D eigenvalue weighted by Gasteiger charge is -2.20. The van der Waals surface area contributed by atoms with E-state index >= 15 is 0 Å². The van der Waals surface area contributed by atoms with Gasteiger partial charge in [-0.1, -0.05) is 48.5 Å². The van der Waals surface area contributed by atoms with Crippen LogP contribution in [0.1, 0.15) is 30.9 Å². The first-order chi connectivity index (χ1) is 10.2. The summed E-state index contributed by atoms with van der Waals surface area (Å²) in [7, 11) is 2.01. The molecule has 1 N–H and O–H groups in total. The van der Waals surface area contributed by atoms with Crippen molar-refractivity contribution in [2.45, 2.75) is 32.3 Å². The number of ether oxygens (including phenoxy) is 1. The number of rotatable bonds is 7. The molecule has 1 unspecified atom stereocenters. The number of hydrogen-bond donors (Lipinski definition) is 1. The second kappa shape index (κ2) is 7.84. The fourth-order valence-corrected chi connectivity index (χ4v) is 2.59. The van der Waals surface area contributed by atoms with Gasteiger partial charge in [0.05, 0.1) is 6.10 Å². The molecule has 0 radical (unpaired) electrons. The van der Waals surface area contributed by atoms with Crippen LogP contribution >= 0.6 is 0 Å². The summed E-state index contributed by atoms with van der Waals surface area (Å²) in [6.07, 6.45) is 1.18. The van der Waals surface area contributed by atoms with E-state index in [1.54, 1.807) is 0 Å². The molecule has 21 heavy (non-hydrogen) atoms. The topological polar surface area (TPSA) is 21.3 Å². The Balaban J connectivity index is 2.21. The van der Waals surface area contributed by atoms with Crippen LogP contribution in [-0.2, 0) is 6.42 Å². The average molecular weight is 283 g/mol. The molecule has 2 rings (SSSR count). The molecular formula is C19H25NO. The molecule has 0 bridgehead atoms. The van der Waals surface area contributed by atoms with Gasteiger partial charge < -0.3 is 10.1 Å². The highest BCUT2D eigenvalue weighted by atomic mass is 16.5. The van der Waals surface area contributed by atoms with Crippen LogP contribution in [0.5, 0.6) is 5.75 Å². The van der Waals surface area contributed by atoms with Gasteiger partial charge in [0.25, 0.3) is 0 Å². The van der Waals surface area contributed by atoms with Gasteiger partial charge in [-0.3, -0.25) is 0 Å². The number of para-hydroxylation sites is 1. The first-order valence-corrected chi connectivity index (χ1v) is 7.64. The molecule has 0 saturated carbocycles. The van der Waals surface area contributed by atoms with Crippen molar-refractivity contribution in [3.05, 3.63) is 65.7 Å². The van der Waals surface area contributed by atoms with Crippen molar-refractivity contribution < 1.29 is 4.74 Å². The van der Waals surface area contributed by atoms with Gasteiger partial charge >= 0.3 is 0 Å². The lowest BCUT2D eigenvalue weighted by Crippen LogP contribution is -2.19. The van der Waals surface area contributed by atoms with Gasteiger partial charge in [-0.25, -0.2) is 0 Å². The van der Waals surface area contributed by atoms with Crippen LogP contribution in [0.25, 0.3) is 0 Å². The maximum atomic E-state index is 5.94. The van der Waals surface area contributed by atoms with E-state index in [0.717, 1.165) is 18.7 Å². The maximum absolute atomic E-state index is 5.94. The van der Waals surface area contributed by atoms with E-state index in [4.69, 9.17) is 4.74 Å². The maximum Gasteiger partial charge on any atom is 0.122 e. The van der Waals surface area contributed by atoms with E-state index < -0.39 is 0 Å². The Morgan fingerprint density at radius 2 is 1.62 bits per heavy atom. The summed E-state index contributed by atoms with van der Waals surface area (Å²) < 4.78 is 5.94. The Hall–Kier alpha value is -1.80. The standard InChI is InChI=1S/C19H25NO/c1-15(2)21-19-12-8-7-11-17(19)13-18(14-20-3)16-9-5-4-6-10-16/h4-12,15,18,20H,13-14H2,1-3H3. The molecule has 0 saturated heterocycles. The summed E-state index contributed by atoms with van der Waals surface area (Å²) in [5.41, 5.74) is 2.64. The minimum Gasteiger partial charge on any atom is -0.491 e. The van der Waals surface area contributed by atoms with Crippen molar-refractivity contribution >= 4 is 0 Å². The molecule has 0 heterocycles. The molecule has 0 spiro atoms. The van der Waals surface area contributed by atoms with E-state index in [9.17, 15) is 0 Å². The monoisotopic (exact) mass is 283 g/mol. The number of nitrogens with one attached hydrogen (secondary N) is 1. The van der Waals surface area contributed by atoms with Crippen LogP contribution in [0.4, 0.5) is 0 Å². The Kier molecular flexibility index (Phi) is 5.82. The number of hydrogen-bond acceptors (Lipinski definition) is 2. The van der Waals surface area contributed by atoms with E-state index in [0.29, 0.717) is 5.92 Å². The lowest BCUT2D eigenvalue weighted by molar-refractivity contribution is 0.239. The molecule has 2 aromatic carbocycles. The Morgan fingerprint density at radius 3 is 2.29 bits per heavy atom. The third kappa shape index (κ3) is 4.61. The predicted octanol–water partition coefficient (Wildman–Crippen LogP) is 4.02. The average Bonchev–Trinajstić information content (AvgIpc) is 2.49. The predicted molar refractivity (Wildman–Crippen MR) is 89.0 cm³/mol. The van der Waals surface area contributed by atoms with E-state index in [2.05, 4.69) is 67.7 Å². The fraction of sp³-hybridized carbons (Fsp3) is 0.368. The highest BCUT2D eigenvalue weighted by Gasteiger charge is 2.14. The molecule has 0 fully saturated rings. The van der Waals surface area contributed by atoms with Crippen molar-refractivity contribution in [3.63, 3.8) is 0 Å². The second-order valence-electron chi connectivity index (χ2n) is 5.64. The third-order valence-corrected chi connectivity index (χ3v) is 3.52. The molecule has 2 nitrogen and oxygen atoms in total. The number of benzene rings is 2. The van der Waals surface area contributed by atoms with Crippen LogP contribution in [0, 0.1) is 0 Å². The summed E-state index contributed by atoms with van der Waals surface area (Å²) in [6, 6.07) is 19.0. The zero-order valence-corrected chi connectivity index (χ0v) is 13.2. The SMILES string of the molecule is CNCC(Cc1ccccc1OC(C)C)c1ccccc1. The first kappa shape index (κ1) is 15.6. The molecule has 112 valence electrons. The molecule has 2 aromatic rings. The van der Waals surface area contributed by atoms with Crippen LogP contribution in [0.2, 0.25) is 0 Å². The summed E-state index contributed by atoms with van der Waals surface area (Å²) in [6.45, 7) is 5.10. The molecule has 0 aliphatic carbocycles. The van der Waals surface area contributed by atoms with Crippen LogP contribution in [-0.4, -0.2) is 19.7 Å². The highest BCUT2D eigenvalue weighted by molar-refractivity contribution is 5.35. The summed E-state index contributed by atoms with van der Waals surface area (Å²) in [5, 5.41) is 3.31. The Morgan fingerprint density at radius 1 is 0.952 bits per heavy atom. The van der Waals surface area contributed by atoms with Crippen molar-refractivity contribution in [1.29, 1.82) is 0 Å². The molecule has 2 heteroatoms. The zero-order valence-electron chi connectivity index (χ0n) is 13.2.